The minimum Gasteiger partial charge on any atom is -0.497 e. The number of benzene rings is 2. The van der Waals surface area contributed by atoms with Crippen molar-refractivity contribution in [2.45, 2.75) is 18.9 Å². The quantitative estimate of drug-likeness (QED) is 0.656. The van der Waals surface area contributed by atoms with Gasteiger partial charge in [0.15, 0.2) is 0 Å². The van der Waals surface area contributed by atoms with Crippen LogP contribution in [0.25, 0.3) is 0 Å². The number of halogens is 1. The number of nitrogens with zero attached hydrogens (tertiary/aromatic N) is 1. The third-order valence-corrected chi connectivity index (χ3v) is 5.28. The lowest BCUT2D eigenvalue weighted by atomic mass is 9.87. The van der Waals surface area contributed by atoms with Crippen LogP contribution in [0.3, 0.4) is 0 Å². The normalized spacial score (nSPS) is 18.2. The molecule has 0 aliphatic carbocycles. The summed E-state index contributed by atoms with van der Waals surface area (Å²) in [6, 6.07) is 11.0. The molecule has 4 amide bonds. The van der Waals surface area contributed by atoms with Crippen molar-refractivity contribution in [3.05, 3.63) is 53.1 Å². The highest BCUT2D eigenvalue weighted by molar-refractivity contribution is 6.30. The summed E-state index contributed by atoms with van der Waals surface area (Å²) < 4.78 is 10.4. The Kier molecular flexibility index (Phi) is 6.17. The van der Waals surface area contributed by atoms with Crippen LogP contribution in [-0.2, 0) is 15.1 Å². The van der Waals surface area contributed by atoms with E-state index in [9.17, 15) is 14.4 Å². The van der Waals surface area contributed by atoms with Gasteiger partial charge in [-0.15, -0.1) is 0 Å². The molecule has 9 heteroatoms. The average molecular weight is 432 g/mol. The van der Waals surface area contributed by atoms with Gasteiger partial charge in [-0.2, -0.15) is 0 Å². The first-order chi connectivity index (χ1) is 14.3. The smallest absolute Gasteiger partial charge is 0.325 e. The summed E-state index contributed by atoms with van der Waals surface area (Å²) in [5.74, 6) is -0.0996. The SMILES string of the molecule is CCC1(c2ccc(Cl)cc2)NC(=O)N(CC(=O)Nc2cc(OC)ccc2OC)C1=O. The van der Waals surface area contributed by atoms with E-state index in [-0.39, 0.29) is 0 Å². The molecule has 2 aromatic carbocycles. The predicted octanol–water partition coefficient (Wildman–Crippen LogP) is 3.15. The number of ether oxygens (including phenoxy) is 2. The van der Waals surface area contributed by atoms with Gasteiger partial charge in [0, 0.05) is 11.1 Å². The number of carbonyl (C=O) groups is 3. The number of hydrogen-bond donors (Lipinski definition) is 2. The minimum atomic E-state index is -1.24. The lowest BCUT2D eigenvalue weighted by Crippen LogP contribution is -2.44. The third kappa shape index (κ3) is 3.91. The number of hydrogen-bond acceptors (Lipinski definition) is 5. The fraction of sp³-hybridized carbons (Fsp3) is 0.286. The fourth-order valence-electron chi connectivity index (χ4n) is 3.39. The largest absolute Gasteiger partial charge is 0.497 e. The molecule has 158 valence electrons. The molecular formula is C21H22ClN3O5. The molecule has 1 aliphatic rings. The molecule has 3 rings (SSSR count). The number of methoxy groups -OCH3 is 2. The number of carbonyl (C=O) groups excluding carboxylic acids is 3. The number of amides is 4. The van der Waals surface area contributed by atoms with Crippen LogP contribution in [-0.4, -0.2) is 43.5 Å². The van der Waals surface area contributed by atoms with Crippen molar-refractivity contribution in [3.63, 3.8) is 0 Å². The van der Waals surface area contributed by atoms with Gasteiger partial charge in [-0.05, 0) is 36.2 Å². The van der Waals surface area contributed by atoms with Crippen LogP contribution >= 0.6 is 11.6 Å². The lowest BCUT2D eigenvalue weighted by molar-refractivity contribution is -0.134. The zero-order valence-corrected chi connectivity index (χ0v) is 17.6. The molecular weight excluding hydrogens is 410 g/mol. The Hall–Kier alpha value is -3.26. The monoisotopic (exact) mass is 431 g/mol. The molecule has 1 aliphatic heterocycles. The van der Waals surface area contributed by atoms with Gasteiger partial charge in [-0.25, -0.2) is 4.79 Å². The Labute approximate surface area is 179 Å². The van der Waals surface area contributed by atoms with E-state index >= 15 is 0 Å². The van der Waals surface area contributed by atoms with Crippen molar-refractivity contribution >= 4 is 35.1 Å². The Morgan fingerprint density at radius 3 is 2.43 bits per heavy atom. The molecule has 0 saturated carbocycles. The van der Waals surface area contributed by atoms with Crippen LogP contribution in [0.5, 0.6) is 11.5 Å². The average Bonchev–Trinajstić information content (AvgIpc) is 2.99. The Morgan fingerprint density at radius 1 is 1.13 bits per heavy atom. The molecule has 1 heterocycles. The molecule has 0 radical (unpaired) electrons. The summed E-state index contributed by atoms with van der Waals surface area (Å²) in [6.07, 6.45) is 0.320. The third-order valence-electron chi connectivity index (χ3n) is 5.03. The Balaban J connectivity index is 1.80. The van der Waals surface area contributed by atoms with Gasteiger partial charge >= 0.3 is 6.03 Å². The Bertz CT molecular complexity index is 979. The molecule has 1 atom stereocenters. The highest BCUT2D eigenvalue weighted by atomic mass is 35.5. The highest BCUT2D eigenvalue weighted by Gasteiger charge is 2.51. The topological polar surface area (TPSA) is 97.0 Å². The molecule has 0 aromatic heterocycles. The maximum Gasteiger partial charge on any atom is 0.325 e. The fourth-order valence-corrected chi connectivity index (χ4v) is 3.51. The van der Waals surface area contributed by atoms with Crippen molar-refractivity contribution in [3.8, 4) is 11.5 Å². The van der Waals surface area contributed by atoms with E-state index in [4.69, 9.17) is 21.1 Å². The molecule has 30 heavy (non-hydrogen) atoms. The number of imide groups is 1. The summed E-state index contributed by atoms with van der Waals surface area (Å²) in [6.45, 7) is 1.35. The first-order valence-electron chi connectivity index (χ1n) is 9.26. The van der Waals surface area contributed by atoms with Crippen molar-refractivity contribution in [1.82, 2.24) is 10.2 Å². The van der Waals surface area contributed by atoms with Crippen molar-refractivity contribution in [2.24, 2.45) is 0 Å². The van der Waals surface area contributed by atoms with Gasteiger partial charge in [-0.3, -0.25) is 14.5 Å². The van der Waals surface area contributed by atoms with Crippen LogP contribution in [0.1, 0.15) is 18.9 Å². The molecule has 2 N–H and O–H groups in total. The van der Waals surface area contributed by atoms with E-state index in [1.807, 2.05) is 0 Å². The minimum absolute atomic E-state index is 0.320. The molecule has 1 fully saturated rings. The maximum absolute atomic E-state index is 13.2. The van der Waals surface area contributed by atoms with Crippen LogP contribution in [0.2, 0.25) is 5.02 Å². The van der Waals surface area contributed by atoms with E-state index in [0.29, 0.717) is 34.2 Å². The van der Waals surface area contributed by atoms with Crippen molar-refractivity contribution < 1.29 is 23.9 Å². The predicted molar refractivity (Wildman–Crippen MR) is 112 cm³/mol. The summed E-state index contributed by atoms with van der Waals surface area (Å²) in [5.41, 5.74) is -0.270. The Morgan fingerprint density at radius 2 is 1.83 bits per heavy atom. The van der Waals surface area contributed by atoms with Gasteiger partial charge in [-0.1, -0.05) is 30.7 Å². The second-order valence-corrected chi connectivity index (χ2v) is 7.14. The summed E-state index contributed by atoms with van der Waals surface area (Å²) in [4.78, 5) is 39.2. The molecule has 1 saturated heterocycles. The van der Waals surface area contributed by atoms with Crippen LogP contribution in [0.15, 0.2) is 42.5 Å². The van der Waals surface area contributed by atoms with E-state index in [2.05, 4.69) is 10.6 Å². The molecule has 1 unspecified atom stereocenters. The number of nitrogens with one attached hydrogen (secondary N) is 2. The molecule has 8 nitrogen and oxygen atoms in total. The first-order valence-corrected chi connectivity index (χ1v) is 9.64. The molecule has 2 aromatic rings. The first kappa shape index (κ1) is 21.4. The van der Waals surface area contributed by atoms with Gasteiger partial charge < -0.3 is 20.1 Å². The lowest BCUT2D eigenvalue weighted by Gasteiger charge is -2.25. The standard InChI is InChI=1S/C21H22ClN3O5/c1-4-21(13-5-7-14(22)8-6-13)19(27)25(20(28)24-21)12-18(26)23-16-11-15(29-2)9-10-17(16)30-3/h5-11H,4,12H2,1-3H3,(H,23,26)(H,24,28). The summed E-state index contributed by atoms with van der Waals surface area (Å²) in [5, 5.41) is 5.91. The van der Waals surface area contributed by atoms with Crippen molar-refractivity contribution in [1.29, 1.82) is 0 Å². The van der Waals surface area contributed by atoms with E-state index in [1.165, 1.54) is 14.2 Å². The second-order valence-electron chi connectivity index (χ2n) is 6.70. The molecule has 0 spiro atoms. The van der Waals surface area contributed by atoms with Crippen molar-refractivity contribution in [2.75, 3.05) is 26.1 Å². The second kappa shape index (κ2) is 8.62. The zero-order valence-electron chi connectivity index (χ0n) is 16.8. The van der Waals surface area contributed by atoms with Crippen LogP contribution in [0, 0.1) is 0 Å². The van der Waals surface area contributed by atoms with Crippen LogP contribution < -0.4 is 20.1 Å². The van der Waals surface area contributed by atoms with Gasteiger partial charge in [0.2, 0.25) is 5.91 Å². The molecule has 0 bridgehead atoms. The van der Waals surface area contributed by atoms with Crippen LogP contribution in [0.4, 0.5) is 10.5 Å². The highest BCUT2D eigenvalue weighted by Crippen LogP contribution is 2.33. The van der Waals surface area contributed by atoms with Gasteiger partial charge in [0.1, 0.15) is 23.6 Å². The maximum atomic E-state index is 13.2. The van der Waals surface area contributed by atoms with E-state index in [0.717, 1.165) is 4.90 Å². The number of anilines is 1. The number of urea groups is 1. The summed E-state index contributed by atoms with van der Waals surface area (Å²) >= 11 is 5.94. The van der Waals surface area contributed by atoms with Gasteiger partial charge in [0.25, 0.3) is 5.91 Å². The van der Waals surface area contributed by atoms with Gasteiger partial charge in [0.05, 0.1) is 19.9 Å². The summed E-state index contributed by atoms with van der Waals surface area (Å²) in [7, 11) is 2.97. The van der Waals surface area contributed by atoms with E-state index < -0.39 is 29.9 Å². The van der Waals surface area contributed by atoms with E-state index in [1.54, 1.807) is 49.4 Å². The zero-order chi connectivity index (χ0) is 21.9. The number of rotatable bonds is 7.